The molecule has 0 aliphatic carbocycles. The first-order valence-electron chi connectivity index (χ1n) is 7.03. The fourth-order valence-electron chi connectivity index (χ4n) is 2.03. The van der Waals surface area contributed by atoms with E-state index in [2.05, 4.69) is 10.6 Å². The van der Waals surface area contributed by atoms with Crippen molar-refractivity contribution < 1.29 is 9.90 Å². The first-order valence-corrected chi connectivity index (χ1v) is 8.26. The van der Waals surface area contributed by atoms with Crippen molar-refractivity contribution in [3.05, 3.63) is 54.1 Å². The second kappa shape index (κ2) is 7.87. The lowest BCUT2D eigenvalue weighted by Crippen LogP contribution is -2.31. The topological polar surface area (TPSA) is 61.4 Å². The van der Waals surface area contributed by atoms with Gasteiger partial charge in [-0.2, -0.15) is 0 Å². The summed E-state index contributed by atoms with van der Waals surface area (Å²) in [5, 5.41) is 15.2. The average Bonchev–Trinajstić information content (AvgIpc) is 2.55. The van der Waals surface area contributed by atoms with E-state index in [1.165, 1.54) is 0 Å². The summed E-state index contributed by atoms with van der Waals surface area (Å²) >= 11 is 1.63. The van der Waals surface area contributed by atoms with E-state index in [1.54, 1.807) is 18.7 Å². The van der Waals surface area contributed by atoms with Gasteiger partial charge in [0.15, 0.2) is 0 Å². The Kier molecular flexibility index (Phi) is 5.86. The molecule has 1 atom stereocenters. The highest BCUT2D eigenvalue weighted by molar-refractivity contribution is 7.98. The van der Waals surface area contributed by atoms with Gasteiger partial charge in [0.25, 0.3) is 0 Å². The third kappa shape index (κ3) is 4.51. The van der Waals surface area contributed by atoms with Gasteiger partial charge in [0.05, 0.1) is 6.61 Å². The Morgan fingerprint density at radius 1 is 1.18 bits per heavy atom. The van der Waals surface area contributed by atoms with Gasteiger partial charge in [-0.05, 0) is 49.1 Å². The van der Waals surface area contributed by atoms with Crippen LogP contribution in [0.15, 0.2) is 53.4 Å². The Bertz CT molecular complexity index is 646. The predicted molar refractivity (Wildman–Crippen MR) is 92.3 cm³/mol. The normalized spacial score (nSPS) is 11.8. The number of amides is 1. The van der Waals surface area contributed by atoms with Crippen LogP contribution in [-0.2, 0) is 11.4 Å². The van der Waals surface area contributed by atoms with E-state index in [-0.39, 0.29) is 18.6 Å². The third-order valence-electron chi connectivity index (χ3n) is 3.22. The SMILES string of the molecule is CSc1cccc(NC(=O)C(C)Nc2cccc(CO)c2)c1. The van der Waals surface area contributed by atoms with Crippen LogP contribution in [0.3, 0.4) is 0 Å². The summed E-state index contributed by atoms with van der Waals surface area (Å²) in [5.74, 6) is -0.104. The number of nitrogens with one attached hydrogen (secondary N) is 2. The van der Waals surface area contributed by atoms with Crippen LogP contribution < -0.4 is 10.6 Å². The molecule has 0 aliphatic rings. The largest absolute Gasteiger partial charge is 0.392 e. The second-order valence-electron chi connectivity index (χ2n) is 4.95. The molecule has 0 aliphatic heterocycles. The summed E-state index contributed by atoms with van der Waals surface area (Å²) in [4.78, 5) is 13.3. The molecule has 116 valence electrons. The number of carbonyl (C=O) groups excluding carboxylic acids is 1. The molecule has 3 N–H and O–H groups in total. The number of aliphatic hydroxyl groups is 1. The lowest BCUT2D eigenvalue weighted by molar-refractivity contribution is -0.116. The van der Waals surface area contributed by atoms with Crippen LogP contribution in [0.4, 0.5) is 11.4 Å². The van der Waals surface area contributed by atoms with Gasteiger partial charge in [0.2, 0.25) is 5.91 Å². The van der Waals surface area contributed by atoms with Gasteiger partial charge in [0.1, 0.15) is 6.04 Å². The van der Waals surface area contributed by atoms with Gasteiger partial charge in [-0.15, -0.1) is 11.8 Å². The van der Waals surface area contributed by atoms with Crippen LogP contribution in [0, 0.1) is 0 Å². The molecule has 0 heterocycles. The average molecular weight is 316 g/mol. The third-order valence-corrected chi connectivity index (χ3v) is 3.95. The Balaban J connectivity index is 1.99. The maximum atomic E-state index is 12.2. The fourth-order valence-corrected chi connectivity index (χ4v) is 2.49. The summed E-state index contributed by atoms with van der Waals surface area (Å²) < 4.78 is 0. The van der Waals surface area contributed by atoms with Crippen molar-refractivity contribution in [2.45, 2.75) is 24.5 Å². The molecule has 0 radical (unpaired) electrons. The zero-order valence-corrected chi connectivity index (χ0v) is 13.5. The number of aliphatic hydroxyl groups excluding tert-OH is 1. The minimum atomic E-state index is -0.383. The molecule has 2 aromatic carbocycles. The van der Waals surface area contributed by atoms with Crippen LogP contribution >= 0.6 is 11.8 Å². The number of thioether (sulfide) groups is 1. The van der Waals surface area contributed by atoms with Crippen LogP contribution in [0.25, 0.3) is 0 Å². The molecular formula is C17H20N2O2S. The first kappa shape index (κ1) is 16.4. The minimum absolute atomic E-state index is 0.0163. The molecule has 0 saturated heterocycles. The van der Waals surface area contributed by atoms with Crippen LogP contribution in [-0.4, -0.2) is 23.3 Å². The second-order valence-corrected chi connectivity index (χ2v) is 5.83. The first-order chi connectivity index (χ1) is 10.6. The Hall–Kier alpha value is -1.98. The Morgan fingerprint density at radius 2 is 1.91 bits per heavy atom. The molecule has 0 fully saturated rings. The van der Waals surface area contributed by atoms with Crippen molar-refractivity contribution in [2.24, 2.45) is 0 Å². The number of hydrogen-bond donors (Lipinski definition) is 3. The summed E-state index contributed by atoms with van der Waals surface area (Å²) in [7, 11) is 0. The predicted octanol–water partition coefficient (Wildman–Crippen LogP) is 3.34. The van der Waals surface area contributed by atoms with E-state index in [0.29, 0.717) is 0 Å². The van der Waals surface area contributed by atoms with Gasteiger partial charge in [-0.25, -0.2) is 0 Å². The van der Waals surface area contributed by atoms with Crippen LogP contribution in [0.5, 0.6) is 0 Å². The molecular weight excluding hydrogens is 296 g/mol. The maximum Gasteiger partial charge on any atom is 0.246 e. The van der Waals surface area contributed by atoms with Crippen molar-refractivity contribution >= 4 is 29.0 Å². The van der Waals surface area contributed by atoms with Crippen molar-refractivity contribution in [1.29, 1.82) is 0 Å². The summed E-state index contributed by atoms with van der Waals surface area (Å²) in [6, 6.07) is 14.7. The molecule has 1 unspecified atom stereocenters. The maximum absolute atomic E-state index is 12.2. The van der Waals surface area contributed by atoms with Crippen molar-refractivity contribution in [3.8, 4) is 0 Å². The van der Waals surface area contributed by atoms with Crippen LogP contribution in [0.2, 0.25) is 0 Å². The van der Waals surface area contributed by atoms with Crippen LogP contribution in [0.1, 0.15) is 12.5 Å². The molecule has 0 saturated carbocycles. The highest BCUT2D eigenvalue weighted by Gasteiger charge is 2.13. The Labute approximate surface area is 134 Å². The Morgan fingerprint density at radius 3 is 2.64 bits per heavy atom. The molecule has 0 spiro atoms. The molecule has 4 nitrogen and oxygen atoms in total. The summed E-state index contributed by atoms with van der Waals surface area (Å²) in [6.45, 7) is 1.79. The fraction of sp³-hybridized carbons (Fsp3) is 0.235. The monoisotopic (exact) mass is 316 g/mol. The van der Waals surface area contributed by atoms with E-state index in [0.717, 1.165) is 21.8 Å². The smallest absolute Gasteiger partial charge is 0.246 e. The summed E-state index contributed by atoms with van der Waals surface area (Å²) in [5.41, 5.74) is 2.41. The standard InChI is InChI=1S/C17H20N2O2S/c1-12(18-14-6-3-5-13(9-14)11-20)17(21)19-15-7-4-8-16(10-15)22-2/h3-10,12,18,20H,11H2,1-2H3,(H,19,21). The zero-order chi connectivity index (χ0) is 15.9. The summed E-state index contributed by atoms with van der Waals surface area (Å²) in [6.07, 6.45) is 2.00. The van der Waals surface area contributed by atoms with E-state index in [4.69, 9.17) is 5.11 Å². The molecule has 22 heavy (non-hydrogen) atoms. The lowest BCUT2D eigenvalue weighted by Gasteiger charge is -2.16. The molecule has 1 amide bonds. The number of hydrogen-bond acceptors (Lipinski definition) is 4. The number of carbonyl (C=O) groups is 1. The van der Waals surface area contributed by atoms with E-state index >= 15 is 0 Å². The number of rotatable bonds is 6. The van der Waals surface area contributed by atoms with E-state index < -0.39 is 0 Å². The van der Waals surface area contributed by atoms with Gasteiger partial charge in [0, 0.05) is 16.3 Å². The molecule has 2 aromatic rings. The van der Waals surface area contributed by atoms with E-state index in [9.17, 15) is 4.79 Å². The quantitative estimate of drug-likeness (QED) is 0.715. The lowest BCUT2D eigenvalue weighted by atomic mass is 10.2. The van der Waals surface area contributed by atoms with Gasteiger partial charge in [-0.3, -0.25) is 4.79 Å². The van der Waals surface area contributed by atoms with E-state index in [1.807, 2.05) is 54.8 Å². The minimum Gasteiger partial charge on any atom is -0.392 e. The van der Waals surface area contributed by atoms with Gasteiger partial charge >= 0.3 is 0 Å². The number of benzene rings is 2. The van der Waals surface area contributed by atoms with Crippen molar-refractivity contribution in [3.63, 3.8) is 0 Å². The van der Waals surface area contributed by atoms with Crippen molar-refractivity contribution in [2.75, 3.05) is 16.9 Å². The molecule has 0 bridgehead atoms. The number of anilines is 2. The van der Waals surface area contributed by atoms with Gasteiger partial charge in [-0.1, -0.05) is 18.2 Å². The highest BCUT2D eigenvalue weighted by Crippen LogP contribution is 2.19. The molecule has 2 rings (SSSR count). The molecule has 5 heteroatoms. The van der Waals surface area contributed by atoms with Gasteiger partial charge < -0.3 is 15.7 Å². The molecule has 0 aromatic heterocycles. The highest BCUT2D eigenvalue weighted by atomic mass is 32.2. The van der Waals surface area contributed by atoms with Crippen molar-refractivity contribution in [1.82, 2.24) is 0 Å². The zero-order valence-electron chi connectivity index (χ0n) is 12.7.